The molecule has 1 amide bonds. The number of sulfonamides is 1. The highest BCUT2D eigenvalue weighted by atomic mass is 32.2. The molecule has 0 spiro atoms. The fourth-order valence-corrected chi connectivity index (χ4v) is 11.0. The molecule has 61 heavy (non-hydrogen) atoms. The summed E-state index contributed by atoms with van der Waals surface area (Å²) in [7, 11) is -2.81. The van der Waals surface area contributed by atoms with Crippen molar-refractivity contribution in [3.8, 4) is 17.2 Å². The number of nitro groups is 1. The Kier molecular flexibility index (Phi) is 15.0. The third-order valence-corrected chi connectivity index (χ3v) is 13.6. The van der Waals surface area contributed by atoms with Crippen molar-refractivity contribution in [3.63, 3.8) is 0 Å². The molecule has 16 heteroatoms. The molecular formula is C45H56N4O11S. The molecular weight excluding hydrogens is 805 g/mol. The number of benzene rings is 3. The van der Waals surface area contributed by atoms with Crippen molar-refractivity contribution < 1.29 is 47.4 Å². The Bertz CT molecular complexity index is 2210. The molecule has 6 atom stereocenters. The first-order chi connectivity index (χ1) is 29.4. The molecule has 1 heterocycles. The Labute approximate surface area is 357 Å². The van der Waals surface area contributed by atoms with Gasteiger partial charge in [0.25, 0.3) is 5.69 Å². The van der Waals surface area contributed by atoms with Gasteiger partial charge in [0, 0.05) is 56.3 Å². The van der Waals surface area contributed by atoms with Crippen LogP contribution in [0.1, 0.15) is 76.7 Å². The van der Waals surface area contributed by atoms with Crippen LogP contribution in [-0.4, -0.2) is 84.8 Å². The second-order valence-electron chi connectivity index (χ2n) is 15.6. The number of anilines is 1. The van der Waals surface area contributed by atoms with Crippen molar-refractivity contribution in [3.05, 3.63) is 107 Å². The van der Waals surface area contributed by atoms with Gasteiger partial charge in [0.05, 0.1) is 40.2 Å². The molecule has 3 N–H and O–H groups in total. The van der Waals surface area contributed by atoms with E-state index in [4.69, 9.17) is 19.0 Å². The van der Waals surface area contributed by atoms with Gasteiger partial charge in [-0.25, -0.2) is 8.42 Å². The zero-order valence-corrected chi connectivity index (χ0v) is 35.7. The summed E-state index contributed by atoms with van der Waals surface area (Å²) in [5.74, 6) is -1.90. The third-order valence-electron chi connectivity index (χ3n) is 11.7. The standard InChI is InChI=1S/C45H56N4O11S/c1-5-22-48(61(55,56)36-19-16-32(17-20-36)46-30(3)52)42-29-40(47-57-4)38-26-31(12-7-9-23-50)37(15-8-10-24-51)43-39-28-35(59-34-14-11-13-33(27-34)49(53)54)18-21-41(39)60-45(42,44(38)43)58-25-6-2/h6,11,13-14,16-21,26-28,31,37,42-44,50-51H,2,5,7-10,12,15,22-25,29H2,1,3-4H3,(H,46,52)/t31-,37+,42-,43+,44+,45+/m0/s1. The van der Waals surface area contributed by atoms with Gasteiger partial charge in [0.1, 0.15) is 24.4 Å². The molecule has 0 aromatic heterocycles. The number of oxime groups is 1. The number of non-ortho nitro benzene ring substituents is 1. The zero-order chi connectivity index (χ0) is 43.7. The molecule has 0 saturated heterocycles. The van der Waals surface area contributed by atoms with Gasteiger partial charge in [0.15, 0.2) is 0 Å². The number of hydrogen-bond donors (Lipinski definition) is 3. The number of aliphatic hydroxyl groups is 2. The lowest BCUT2D eigenvalue weighted by Gasteiger charge is -2.59. The first kappa shape index (κ1) is 45.4. The Morgan fingerprint density at radius 3 is 2.44 bits per heavy atom. The number of amides is 1. The van der Waals surface area contributed by atoms with Crippen molar-refractivity contribution in [2.45, 2.75) is 87.9 Å². The van der Waals surface area contributed by atoms with Crippen LogP contribution in [0, 0.1) is 27.9 Å². The minimum atomic E-state index is -4.27. The van der Waals surface area contributed by atoms with E-state index in [0.29, 0.717) is 55.0 Å². The summed E-state index contributed by atoms with van der Waals surface area (Å²) >= 11 is 0. The van der Waals surface area contributed by atoms with Crippen LogP contribution in [0.4, 0.5) is 11.4 Å². The van der Waals surface area contributed by atoms with Gasteiger partial charge < -0.3 is 34.6 Å². The maximum absolute atomic E-state index is 15.0. The fraction of sp³-hybridized carbons (Fsp3) is 0.467. The summed E-state index contributed by atoms with van der Waals surface area (Å²) in [6.45, 7) is 7.43. The quantitative estimate of drug-likeness (QED) is 0.0410. The number of carbonyl (C=O) groups is 1. The summed E-state index contributed by atoms with van der Waals surface area (Å²) in [4.78, 5) is 28.4. The second kappa shape index (κ2) is 20.2. The average Bonchev–Trinajstić information content (AvgIpc) is 3.24. The lowest BCUT2D eigenvalue weighted by molar-refractivity contribution is -0.384. The summed E-state index contributed by atoms with van der Waals surface area (Å²) < 4.78 is 52.0. The van der Waals surface area contributed by atoms with Gasteiger partial charge in [-0.1, -0.05) is 43.1 Å². The van der Waals surface area contributed by atoms with Crippen molar-refractivity contribution in [2.75, 3.05) is 38.8 Å². The van der Waals surface area contributed by atoms with Crippen LogP contribution >= 0.6 is 0 Å². The van der Waals surface area contributed by atoms with E-state index in [1.54, 1.807) is 42.5 Å². The molecule has 328 valence electrons. The smallest absolute Gasteiger partial charge is 0.273 e. The minimum absolute atomic E-state index is 0.0191. The molecule has 0 unspecified atom stereocenters. The number of fused-ring (bicyclic) bond motifs is 2. The summed E-state index contributed by atoms with van der Waals surface area (Å²) in [5.41, 5.74) is 2.48. The number of hydrogen-bond acceptors (Lipinski definition) is 12. The number of nitrogens with zero attached hydrogens (tertiary/aromatic N) is 3. The van der Waals surface area contributed by atoms with Gasteiger partial charge in [-0.2, -0.15) is 4.31 Å². The maximum Gasteiger partial charge on any atom is 0.273 e. The summed E-state index contributed by atoms with van der Waals surface area (Å²) in [6.07, 6.45) is 8.43. The molecule has 1 saturated carbocycles. The first-order valence-corrected chi connectivity index (χ1v) is 22.3. The summed E-state index contributed by atoms with van der Waals surface area (Å²) in [5, 5.41) is 38.6. The second-order valence-corrected chi connectivity index (χ2v) is 17.5. The van der Waals surface area contributed by atoms with Gasteiger partial charge in [-0.3, -0.25) is 14.9 Å². The SMILES string of the molecule is C=CCO[C@@]12Oc3ccc(Oc4cccc([N+](=O)[O-])c4)cc3[C@H]3[C@H](CCCCO)[C@@H](CCCCO)C=C(C(=NOC)C[C@@H]1N(CCC)S(=O)(=O)c1ccc(NC(C)=O)cc1)[C@H]32. The highest BCUT2D eigenvalue weighted by molar-refractivity contribution is 7.89. The number of nitrogens with one attached hydrogen (secondary N) is 1. The molecule has 15 nitrogen and oxygen atoms in total. The van der Waals surface area contributed by atoms with E-state index < -0.39 is 32.7 Å². The van der Waals surface area contributed by atoms with Crippen LogP contribution in [0.15, 0.2) is 101 Å². The van der Waals surface area contributed by atoms with Crippen LogP contribution in [0.2, 0.25) is 0 Å². The minimum Gasteiger partial charge on any atom is -0.460 e. The largest absolute Gasteiger partial charge is 0.460 e. The lowest BCUT2D eigenvalue weighted by atomic mass is 9.55. The van der Waals surface area contributed by atoms with E-state index in [-0.39, 0.29) is 72.8 Å². The van der Waals surface area contributed by atoms with Gasteiger partial charge in [-0.05, 0) is 98.0 Å². The van der Waals surface area contributed by atoms with Crippen LogP contribution in [0.3, 0.4) is 0 Å². The van der Waals surface area contributed by atoms with Gasteiger partial charge in [0.2, 0.25) is 21.7 Å². The maximum atomic E-state index is 15.0. The molecule has 3 aliphatic rings. The predicted octanol–water partition coefficient (Wildman–Crippen LogP) is 7.71. The number of rotatable bonds is 21. The van der Waals surface area contributed by atoms with Gasteiger partial charge in [-0.15, -0.1) is 6.58 Å². The van der Waals surface area contributed by atoms with E-state index in [1.807, 2.05) is 13.0 Å². The van der Waals surface area contributed by atoms with Crippen LogP contribution in [-0.2, 0) is 24.4 Å². The Morgan fingerprint density at radius 2 is 1.79 bits per heavy atom. The van der Waals surface area contributed by atoms with Crippen molar-refractivity contribution in [2.24, 2.45) is 22.9 Å². The Balaban J connectivity index is 1.59. The van der Waals surface area contributed by atoms with Gasteiger partial charge >= 0.3 is 0 Å². The molecule has 1 aliphatic heterocycles. The molecule has 2 aliphatic carbocycles. The van der Waals surface area contributed by atoms with E-state index in [2.05, 4.69) is 23.1 Å². The lowest BCUT2D eigenvalue weighted by Crippen LogP contribution is -2.70. The monoisotopic (exact) mass is 860 g/mol. The third kappa shape index (κ3) is 9.68. The Hall–Kier alpha value is -5.13. The molecule has 0 bridgehead atoms. The number of ether oxygens (including phenoxy) is 3. The number of unbranched alkanes of at least 4 members (excludes halogenated alkanes) is 2. The zero-order valence-electron chi connectivity index (χ0n) is 34.9. The van der Waals surface area contributed by atoms with Crippen molar-refractivity contribution in [1.82, 2.24) is 4.31 Å². The molecule has 1 fully saturated rings. The van der Waals surface area contributed by atoms with Crippen LogP contribution < -0.4 is 14.8 Å². The van der Waals surface area contributed by atoms with Crippen LogP contribution in [0.5, 0.6) is 17.2 Å². The highest BCUT2D eigenvalue weighted by Gasteiger charge is 2.66. The molecule has 3 aromatic carbocycles. The molecule has 3 aromatic rings. The van der Waals surface area contributed by atoms with E-state index in [1.165, 1.54) is 42.6 Å². The molecule has 0 radical (unpaired) electrons. The topological polar surface area (TPSA) is 199 Å². The number of carbonyl (C=O) groups excluding carboxylic acids is 1. The highest BCUT2D eigenvalue weighted by Crippen LogP contribution is 2.62. The molecule has 6 rings (SSSR count). The van der Waals surface area contributed by atoms with E-state index in [0.717, 1.165) is 24.0 Å². The number of aliphatic hydroxyl groups excluding tert-OH is 2. The normalized spacial score (nSPS) is 23.6. The summed E-state index contributed by atoms with van der Waals surface area (Å²) in [6, 6.07) is 16.4. The number of allylic oxidation sites excluding steroid dienone is 1. The van der Waals surface area contributed by atoms with E-state index in [9.17, 15) is 25.1 Å². The first-order valence-electron chi connectivity index (χ1n) is 20.9. The Morgan fingerprint density at radius 1 is 1.07 bits per heavy atom. The van der Waals surface area contributed by atoms with E-state index >= 15 is 8.42 Å². The predicted molar refractivity (Wildman–Crippen MR) is 230 cm³/mol. The van der Waals surface area contributed by atoms with Crippen molar-refractivity contribution in [1.29, 1.82) is 0 Å². The van der Waals surface area contributed by atoms with Crippen LogP contribution in [0.25, 0.3) is 0 Å². The number of nitro benzene ring substituents is 1. The average molecular weight is 861 g/mol. The fourth-order valence-electron chi connectivity index (χ4n) is 9.31. The van der Waals surface area contributed by atoms with Crippen molar-refractivity contribution >= 4 is 33.0 Å².